The highest BCUT2D eigenvalue weighted by Crippen LogP contribution is 2.20. The van der Waals surface area contributed by atoms with Crippen LogP contribution in [0, 0.1) is 5.41 Å². The maximum Gasteiger partial charge on any atom is 0.238 e. The van der Waals surface area contributed by atoms with E-state index in [0.29, 0.717) is 38.6 Å². The molecule has 0 aliphatic heterocycles. The Bertz CT molecular complexity index is 1010. The Hall–Kier alpha value is -3.05. The summed E-state index contributed by atoms with van der Waals surface area (Å²) >= 11 is 0. The van der Waals surface area contributed by atoms with E-state index in [9.17, 15) is 14.4 Å². The maximum atomic E-state index is 13.1. The molecule has 0 aliphatic rings. The van der Waals surface area contributed by atoms with Crippen molar-refractivity contribution in [2.75, 3.05) is 13.6 Å². The Morgan fingerprint density at radius 3 is 2.03 bits per heavy atom. The Labute approximate surface area is 213 Å². The van der Waals surface area contributed by atoms with Crippen LogP contribution in [0.25, 0.3) is 0 Å². The number of imidazole rings is 2. The Balaban J connectivity index is 1.86. The summed E-state index contributed by atoms with van der Waals surface area (Å²) in [6, 6.07) is -1.76. The topological polar surface area (TPSA) is 149 Å². The van der Waals surface area contributed by atoms with Crippen molar-refractivity contribution in [2.45, 2.75) is 71.0 Å². The van der Waals surface area contributed by atoms with Gasteiger partial charge in [-0.3, -0.25) is 14.4 Å². The third-order valence-electron chi connectivity index (χ3n) is 6.27. The summed E-state index contributed by atoms with van der Waals surface area (Å²) in [6.45, 7) is 6.00. The van der Waals surface area contributed by atoms with Gasteiger partial charge in [-0.2, -0.15) is 0 Å². The molecule has 3 atom stereocenters. The number of nitrogens with zero attached hydrogens (tertiary/aromatic N) is 4. The number of ketones is 1. The van der Waals surface area contributed by atoms with Gasteiger partial charge in [0, 0.05) is 62.7 Å². The third kappa shape index (κ3) is 8.56. The molecule has 2 aromatic rings. The Kier molecular flexibility index (Phi) is 10.8. The molecule has 36 heavy (non-hydrogen) atoms. The minimum absolute atomic E-state index is 0.0199. The van der Waals surface area contributed by atoms with Crippen LogP contribution in [-0.2, 0) is 41.3 Å². The molecule has 0 saturated carbocycles. The molecule has 0 aliphatic carbocycles. The molecule has 11 nitrogen and oxygen atoms in total. The predicted molar refractivity (Wildman–Crippen MR) is 138 cm³/mol. The van der Waals surface area contributed by atoms with Crippen molar-refractivity contribution in [1.29, 1.82) is 0 Å². The highest BCUT2D eigenvalue weighted by molar-refractivity contribution is 5.93. The molecule has 0 aromatic carbocycles. The number of hydrogen-bond donors (Lipinski definition) is 4. The Morgan fingerprint density at radius 1 is 0.944 bits per heavy atom. The maximum absolute atomic E-state index is 13.1. The monoisotopic (exact) mass is 502 g/mol. The molecule has 2 rings (SSSR count). The van der Waals surface area contributed by atoms with Gasteiger partial charge in [0.25, 0.3) is 0 Å². The second-order valence-corrected chi connectivity index (χ2v) is 10.3. The van der Waals surface area contributed by atoms with Gasteiger partial charge in [-0.1, -0.05) is 20.8 Å². The van der Waals surface area contributed by atoms with Crippen LogP contribution < -0.4 is 21.7 Å². The van der Waals surface area contributed by atoms with Crippen molar-refractivity contribution in [3.05, 3.63) is 36.4 Å². The van der Waals surface area contributed by atoms with E-state index in [1.807, 2.05) is 44.0 Å². The van der Waals surface area contributed by atoms with E-state index in [1.165, 1.54) is 0 Å². The van der Waals surface area contributed by atoms with Gasteiger partial charge in [-0.15, -0.1) is 0 Å². The molecule has 3 unspecified atom stereocenters. The number of nitrogens with one attached hydrogen (secondary N) is 3. The molecular weight excluding hydrogens is 460 g/mol. The summed E-state index contributed by atoms with van der Waals surface area (Å²) in [7, 11) is 5.46. The van der Waals surface area contributed by atoms with Gasteiger partial charge >= 0.3 is 0 Å². The quantitative estimate of drug-likeness (QED) is 0.270. The van der Waals surface area contributed by atoms with Crippen LogP contribution in [0.1, 0.15) is 51.4 Å². The van der Waals surface area contributed by atoms with Gasteiger partial charge in [0.2, 0.25) is 11.8 Å². The lowest BCUT2D eigenvalue weighted by Gasteiger charge is -2.27. The van der Waals surface area contributed by atoms with Crippen molar-refractivity contribution in [3.63, 3.8) is 0 Å². The molecule has 0 fully saturated rings. The van der Waals surface area contributed by atoms with Crippen LogP contribution in [0.5, 0.6) is 0 Å². The molecule has 11 heteroatoms. The van der Waals surface area contributed by atoms with Crippen molar-refractivity contribution >= 4 is 17.6 Å². The summed E-state index contributed by atoms with van der Waals surface area (Å²) in [5, 5.41) is 8.86. The number of hydrogen-bond acceptors (Lipinski definition) is 7. The van der Waals surface area contributed by atoms with E-state index < -0.39 is 23.5 Å². The molecular formula is C25H42N8O3. The summed E-state index contributed by atoms with van der Waals surface area (Å²) in [4.78, 5) is 46.6. The van der Waals surface area contributed by atoms with Gasteiger partial charge in [-0.25, -0.2) is 9.97 Å². The zero-order chi connectivity index (χ0) is 26.9. The fourth-order valence-electron chi connectivity index (χ4n) is 3.90. The van der Waals surface area contributed by atoms with Gasteiger partial charge < -0.3 is 30.8 Å². The number of likely N-dealkylation sites (N-methyl/N-ethyl adjacent to an activating group) is 1. The zero-order valence-corrected chi connectivity index (χ0v) is 22.4. The number of carbonyl (C=O) groups is 3. The van der Waals surface area contributed by atoms with Crippen LogP contribution >= 0.6 is 0 Å². The minimum atomic E-state index is -0.659. The first kappa shape index (κ1) is 29.2. The summed E-state index contributed by atoms with van der Waals surface area (Å²) < 4.78 is 3.70. The second kappa shape index (κ2) is 13.3. The van der Waals surface area contributed by atoms with E-state index in [2.05, 4.69) is 25.9 Å². The van der Waals surface area contributed by atoms with Gasteiger partial charge in [0.05, 0.1) is 30.8 Å². The van der Waals surface area contributed by atoms with Crippen LogP contribution in [0.4, 0.5) is 0 Å². The zero-order valence-electron chi connectivity index (χ0n) is 22.4. The fourth-order valence-corrected chi connectivity index (χ4v) is 3.90. The number of carbonyl (C=O) groups excluding carboxylic acids is 3. The summed E-state index contributed by atoms with van der Waals surface area (Å²) in [5.74, 6) is -0.469. The standard InChI is InChI=1S/C25H42N8O3/c1-25(2,3)22(34)20(31-24(36)21(27-4)12-18-14-29-16-33(18)6)9-7-8-10-30-23(35)19(26)11-17-13-28-15-32(17)5/h13-16,19-21,27H,7-12,26H2,1-6H3,(H,30,35)(H,31,36). The normalized spacial score (nSPS) is 14.2. The number of nitrogens with two attached hydrogens (primary N) is 1. The SMILES string of the molecule is CNC(Cc1cncn1C)C(=O)NC(CCCCNC(=O)C(N)Cc1cncn1C)C(=O)C(C)(C)C. The van der Waals surface area contributed by atoms with Crippen LogP contribution in [-0.4, -0.2) is 68.4 Å². The van der Waals surface area contributed by atoms with Crippen molar-refractivity contribution in [3.8, 4) is 0 Å². The Morgan fingerprint density at radius 2 is 1.53 bits per heavy atom. The first-order valence-corrected chi connectivity index (χ1v) is 12.4. The highest BCUT2D eigenvalue weighted by atomic mass is 16.2. The van der Waals surface area contributed by atoms with E-state index in [4.69, 9.17) is 5.73 Å². The number of aromatic nitrogens is 4. The van der Waals surface area contributed by atoms with Crippen molar-refractivity contribution in [1.82, 2.24) is 35.1 Å². The van der Waals surface area contributed by atoms with Gasteiger partial charge in [-0.05, 0) is 26.3 Å². The lowest BCUT2D eigenvalue weighted by atomic mass is 9.84. The number of aryl methyl sites for hydroxylation is 2. The molecule has 2 aromatic heterocycles. The second-order valence-electron chi connectivity index (χ2n) is 10.3. The van der Waals surface area contributed by atoms with Gasteiger partial charge in [0.1, 0.15) is 0 Å². The lowest BCUT2D eigenvalue weighted by molar-refractivity contribution is -0.133. The average molecular weight is 503 g/mol. The molecule has 5 N–H and O–H groups in total. The molecule has 0 saturated heterocycles. The molecule has 0 bridgehead atoms. The molecule has 200 valence electrons. The van der Waals surface area contributed by atoms with Crippen LogP contribution in [0.15, 0.2) is 25.0 Å². The van der Waals surface area contributed by atoms with Crippen LogP contribution in [0.3, 0.4) is 0 Å². The molecule has 2 heterocycles. The number of Topliss-reactive ketones (excluding diaryl/α,β-unsaturated/α-hetero) is 1. The van der Waals surface area contributed by atoms with Gasteiger partial charge in [0.15, 0.2) is 5.78 Å². The van der Waals surface area contributed by atoms with Crippen molar-refractivity contribution in [2.24, 2.45) is 25.2 Å². The molecule has 0 radical (unpaired) electrons. The van der Waals surface area contributed by atoms with E-state index in [1.54, 1.807) is 32.1 Å². The van der Waals surface area contributed by atoms with Crippen LogP contribution in [0.2, 0.25) is 0 Å². The summed E-state index contributed by atoms with van der Waals surface area (Å²) in [5.41, 5.74) is 7.24. The molecule has 0 spiro atoms. The van der Waals surface area contributed by atoms with Crippen molar-refractivity contribution < 1.29 is 14.4 Å². The molecule has 2 amide bonds. The first-order chi connectivity index (χ1) is 16.9. The van der Waals surface area contributed by atoms with E-state index >= 15 is 0 Å². The number of amides is 2. The summed E-state index contributed by atoms with van der Waals surface area (Å²) in [6.07, 6.45) is 9.47. The fraction of sp³-hybridized carbons (Fsp3) is 0.640. The third-order valence-corrected chi connectivity index (χ3v) is 6.27. The average Bonchev–Trinajstić information content (AvgIpc) is 3.42. The minimum Gasteiger partial charge on any atom is -0.355 e. The number of unbranched alkanes of at least 4 members (excludes halogenated alkanes) is 1. The highest BCUT2D eigenvalue weighted by Gasteiger charge is 2.32. The first-order valence-electron chi connectivity index (χ1n) is 12.4. The smallest absolute Gasteiger partial charge is 0.238 e. The largest absolute Gasteiger partial charge is 0.355 e. The van der Waals surface area contributed by atoms with E-state index in [0.717, 1.165) is 11.4 Å². The van der Waals surface area contributed by atoms with E-state index in [-0.39, 0.29) is 17.6 Å². The number of rotatable bonds is 14. The predicted octanol–water partition coefficient (Wildman–Crippen LogP) is 0.241. The lowest BCUT2D eigenvalue weighted by Crippen LogP contribution is -2.52.